The molecule has 0 heterocycles. The van der Waals surface area contributed by atoms with E-state index < -0.39 is 64.5 Å². The van der Waals surface area contributed by atoms with E-state index in [1.807, 2.05) is 0 Å². The number of carbonyl (C=O) groups is 1. The van der Waals surface area contributed by atoms with Crippen molar-refractivity contribution in [3.63, 3.8) is 0 Å². The molecule has 21 heteroatoms. The van der Waals surface area contributed by atoms with Crippen LogP contribution in [-0.2, 0) is 4.79 Å². The second-order valence-electron chi connectivity index (χ2n) is 5.42. The van der Waals surface area contributed by atoms with Crippen molar-refractivity contribution in [1.82, 2.24) is 0 Å². The van der Waals surface area contributed by atoms with Crippen LogP contribution in [0.1, 0.15) is 0 Å². The summed E-state index contributed by atoms with van der Waals surface area (Å²) < 4.78 is 244. The zero-order valence-electron chi connectivity index (χ0n) is 13.5. The van der Waals surface area contributed by atoms with E-state index in [2.05, 4.69) is 11.6 Å². The fraction of sp³-hybridized carbons (Fsp3) is 0.727. The predicted octanol–water partition coefficient (Wildman–Crippen LogP) is 6.91. The minimum atomic E-state index is -8.95. The molecule has 0 unspecified atom stereocenters. The van der Waals surface area contributed by atoms with Gasteiger partial charge in [-0.25, -0.2) is 4.39 Å². The lowest BCUT2D eigenvalue weighted by molar-refractivity contribution is -0.460. The number of carbonyl (C=O) groups excluding carboxylic acids is 1. The fourth-order valence-electron chi connectivity index (χ4n) is 1.53. The average molecular weight is 545 g/mol. The summed E-state index contributed by atoms with van der Waals surface area (Å²) in [6, 6.07) is 0. The van der Waals surface area contributed by atoms with Crippen molar-refractivity contribution in [2.24, 2.45) is 0 Å². The van der Waals surface area contributed by atoms with Crippen LogP contribution in [0.15, 0.2) is 11.7 Å². The highest BCUT2D eigenvalue weighted by molar-refractivity contribution is 6.67. The largest absolute Gasteiger partial charge is 0.460 e. The topological polar surface area (TPSA) is 17.1 Å². The number of halogens is 20. The quantitative estimate of drug-likeness (QED) is 0.184. The zero-order valence-corrected chi connectivity index (χ0v) is 14.2. The molecule has 0 radical (unpaired) electrons. The zero-order chi connectivity index (χ0) is 26.7. The Labute approximate surface area is 165 Å². The molecular weight excluding hydrogens is 545 g/mol. The second-order valence-corrected chi connectivity index (χ2v) is 5.76. The lowest BCUT2D eigenvalue weighted by Crippen LogP contribution is -2.74. The van der Waals surface area contributed by atoms with E-state index in [0.29, 0.717) is 0 Å². The molecule has 32 heavy (non-hydrogen) atoms. The van der Waals surface area contributed by atoms with Crippen LogP contribution < -0.4 is 0 Å². The molecule has 0 aromatic heterocycles. The maximum absolute atomic E-state index is 13.3. The van der Waals surface area contributed by atoms with Crippen LogP contribution >= 0.6 is 11.6 Å². The number of hydrogen-bond acceptors (Lipinski definition) is 1. The lowest BCUT2D eigenvalue weighted by atomic mass is 9.88. The first kappa shape index (κ1) is 30.4. The van der Waals surface area contributed by atoms with Crippen LogP contribution in [0.2, 0.25) is 0 Å². The van der Waals surface area contributed by atoms with Crippen molar-refractivity contribution in [1.29, 1.82) is 0 Å². The number of allylic oxidation sites excluding steroid dienone is 2. The third-order valence-electron chi connectivity index (χ3n) is 3.36. The molecule has 0 aliphatic rings. The summed E-state index contributed by atoms with van der Waals surface area (Å²) in [5.74, 6) is -68.7. The maximum atomic E-state index is 13.3. The second kappa shape index (κ2) is 7.71. The van der Waals surface area contributed by atoms with E-state index in [1.54, 1.807) is 0 Å². The fourth-order valence-corrected chi connectivity index (χ4v) is 1.61. The first-order valence-electron chi connectivity index (χ1n) is 6.48. The summed E-state index contributed by atoms with van der Waals surface area (Å²) in [7, 11) is 0. The van der Waals surface area contributed by atoms with Crippen molar-refractivity contribution >= 4 is 16.8 Å². The van der Waals surface area contributed by atoms with Gasteiger partial charge in [-0.1, -0.05) is 0 Å². The molecular formula is C11ClF19O. The van der Waals surface area contributed by atoms with E-state index in [-0.39, 0.29) is 0 Å². The standard InChI is InChI=1S/C11ClF19O/c12-3(32)1(13)2(14)4(15,16)5(17,18)6(19,20)7(21,22)8(23,24)9(25,26)10(27,28)11(29,30)31. The van der Waals surface area contributed by atoms with Crippen LogP contribution in [-0.4, -0.2) is 52.9 Å². The van der Waals surface area contributed by atoms with Gasteiger partial charge in [0.25, 0.3) is 5.24 Å². The lowest BCUT2D eigenvalue weighted by Gasteiger charge is -2.42. The van der Waals surface area contributed by atoms with Crippen LogP contribution in [0.5, 0.6) is 0 Å². The van der Waals surface area contributed by atoms with Gasteiger partial charge in [-0.15, -0.1) is 0 Å². The third-order valence-corrected chi connectivity index (χ3v) is 3.53. The Balaban J connectivity index is 6.99. The average Bonchev–Trinajstić information content (AvgIpc) is 2.57. The molecule has 0 saturated carbocycles. The first-order valence-corrected chi connectivity index (χ1v) is 6.86. The highest BCUT2D eigenvalue weighted by Crippen LogP contribution is 2.64. The Morgan fingerprint density at radius 1 is 0.469 bits per heavy atom. The molecule has 0 N–H and O–H groups in total. The van der Waals surface area contributed by atoms with E-state index in [0.717, 1.165) is 0 Å². The van der Waals surface area contributed by atoms with Crippen molar-refractivity contribution in [2.75, 3.05) is 0 Å². The number of hydrogen-bond donors (Lipinski definition) is 0. The van der Waals surface area contributed by atoms with E-state index in [4.69, 9.17) is 0 Å². The third kappa shape index (κ3) is 3.74. The molecule has 0 spiro atoms. The molecule has 0 fully saturated rings. The van der Waals surface area contributed by atoms with Gasteiger partial charge in [0, 0.05) is 0 Å². The summed E-state index contributed by atoms with van der Waals surface area (Å²) >= 11 is 3.97. The van der Waals surface area contributed by atoms with E-state index in [9.17, 15) is 88.2 Å². The summed E-state index contributed by atoms with van der Waals surface area (Å²) in [5.41, 5.74) is 0. The molecule has 0 aliphatic carbocycles. The molecule has 0 aromatic rings. The smallest absolute Gasteiger partial charge is 0.273 e. The molecule has 190 valence electrons. The van der Waals surface area contributed by atoms with Crippen molar-refractivity contribution in [3.05, 3.63) is 11.7 Å². The van der Waals surface area contributed by atoms with Gasteiger partial charge in [0.15, 0.2) is 0 Å². The van der Waals surface area contributed by atoms with Crippen molar-refractivity contribution in [3.8, 4) is 0 Å². The van der Waals surface area contributed by atoms with Crippen molar-refractivity contribution in [2.45, 2.75) is 47.6 Å². The molecule has 0 aromatic carbocycles. The molecule has 0 saturated heterocycles. The Bertz CT molecular complexity index is 775. The van der Waals surface area contributed by atoms with Gasteiger partial charge in [0.1, 0.15) is 0 Å². The molecule has 0 amide bonds. The highest BCUT2D eigenvalue weighted by Gasteiger charge is 2.95. The SMILES string of the molecule is O=C(Cl)C(F)=C(F)C(F)(F)C(F)(F)C(F)(F)C(F)(F)C(F)(F)C(F)(F)C(F)(F)C(F)(F)F. The van der Waals surface area contributed by atoms with Gasteiger partial charge >= 0.3 is 47.6 Å². The predicted molar refractivity (Wildman–Crippen MR) is 60.8 cm³/mol. The molecule has 0 rings (SSSR count). The van der Waals surface area contributed by atoms with Gasteiger partial charge in [-0.3, -0.25) is 4.79 Å². The number of alkyl halides is 17. The summed E-state index contributed by atoms with van der Waals surface area (Å²) in [6.07, 6.45) is -7.92. The minimum absolute atomic E-state index is 3.13. The van der Waals surface area contributed by atoms with E-state index >= 15 is 0 Å². The van der Waals surface area contributed by atoms with Crippen LogP contribution in [0.3, 0.4) is 0 Å². The van der Waals surface area contributed by atoms with Gasteiger partial charge in [0.05, 0.1) is 0 Å². The summed E-state index contributed by atoms with van der Waals surface area (Å²) in [4.78, 5) is 10.1. The first-order chi connectivity index (χ1) is 13.5. The normalized spacial score (nSPS) is 16.8. The van der Waals surface area contributed by atoms with Crippen molar-refractivity contribution < 1.29 is 88.2 Å². The molecule has 0 aliphatic heterocycles. The Kier molecular flexibility index (Phi) is 7.32. The monoisotopic (exact) mass is 544 g/mol. The molecule has 0 atom stereocenters. The van der Waals surface area contributed by atoms with E-state index in [1.165, 1.54) is 0 Å². The Morgan fingerprint density at radius 3 is 0.969 bits per heavy atom. The summed E-state index contributed by atoms with van der Waals surface area (Å²) in [5, 5.41) is -3.13. The maximum Gasteiger partial charge on any atom is 0.460 e. The van der Waals surface area contributed by atoms with Crippen LogP contribution in [0.25, 0.3) is 0 Å². The molecule has 1 nitrogen and oxygen atoms in total. The minimum Gasteiger partial charge on any atom is -0.273 e. The number of rotatable bonds is 8. The van der Waals surface area contributed by atoms with Gasteiger partial charge in [0.2, 0.25) is 11.7 Å². The summed E-state index contributed by atoms with van der Waals surface area (Å²) in [6.45, 7) is 0. The Morgan fingerprint density at radius 2 is 0.719 bits per heavy atom. The molecule has 0 bridgehead atoms. The Hall–Kier alpha value is -1.63. The highest BCUT2D eigenvalue weighted by atomic mass is 35.5. The van der Waals surface area contributed by atoms with Gasteiger partial charge in [-0.05, 0) is 11.6 Å². The van der Waals surface area contributed by atoms with Crippen LogP contribution in [0.4, 0.5) is 83.4 Å². The van der Waals surface area contributed by atoms with Crippen LogP contribution in [0, 0.1) is 0 Å². The van der Waals surface area contributed by atoms with Gasteiger partial charge in [-0.2, -0.15) is 79.0 Å². The van der Waals surface area contributed by atoms with Gasteiger partial charge < -0.3 is 0 Å².